The molecule has 2 aromatic rings. The van der Waals surface area contributed by atoms with Crippen LogP contribution in [-0.4, -0.2) is 31.5 Å². The van der Waals surface area contributed by atoms with Crippen LogP contribution in [0.3, 0.4) is 0 Å². The van der Waals surface area contributed by atoms with Crippen molar-refractivity contribution in [2.75, 3.05) is 20.6 Å². The zero-order valence-electron chi connectivity index (χ0n) is 14.3. The van der Waals surface area contributed by atoms with Gasteiger partial charge in [0.15, 0.2) is 11.5 Å². The molecule has 0 saturated heterocycles. The largest absolute Gasteiger partial charge is 0.453 e. The number of rotatable bonds is 7. The first-order valence-corrected chi connectivity index (χ1v) is 7.80. The minimum absolute atomic E-state index is 0. The Labute approximate surface area is 149 Å². The molecule has 0 aliphatic rings. The number of hydrogen-bond donors (Lipinski definition) is 0. The van der Waals surface area contributed by atoms with E-state index < -0.39 is 0 Å². The zero-order chi connectivity index (χ0) is 16.7. The molecule has 0 aliphatic heterocycles. The van der Waals surface area contributed by atoms with E-state index in [1.54, 1.807) is 13.0 Å². The summed E-state index contributed by atoms with van der Waals surface area (Å²) >= 11 is 0. The summed E-state index contributed by atoms with van der Waals surface area (Å²) in [5.41, 5.74) is 1.02. The van der Waals surface area contributed by atoms with Gasteiger partial charge in [0.2, 0.25) is 0 Å². The molecule has 0 spiro atoms. The number of benzene rings is 2. The average Bonchev–Trinajstić information content (AvgIpc) is 2.55. The molecule has 0 bridgehead atoms. The molecular formula is C19H24ClNO3. The summed E-state index contributed by atoms with van der Waals surface area (Å²) in [5, 5.41) is 0. The third kappa shape index (κ3) is 5.87. The molecule has 5 heteroatoms. The molecule has 0 fully saturated rings. The van der Waals surface area contributed by atoms with Gasteiger partial charge >= 0.3 is 5.97 Å². The molecule has 0 unspecified atom stereocenters. The number of halogens is 1. The predicted octanol–water partition coefficient (Wildman–Crippen LogP) is 4.32. The highest BCUT2D eigenvalue weighted by Gasteiger charge is 2.15. The Morgan fingerprint density at radius 3 is 2.38 bits per heavy atom. The molecule has 130 valence electrons. The predicted molar refractivity (Wildman–Crippen MR) is 98.4 cm³/mol. The number of para-hydroxylation sites is 2. The molecule has 24 heavy (non-hydrogen) atoms. The maximum atomic E-state index is 11.7. The van der Waals surface area contributed by atoms with Crippen molar-refractivity contribution in [2.45, 2.75) is 19.8 Å². The lowest BCUT2D eigenvalue weighted by Gasteiger charge is -2.17. The Hall–Kier alpha value is -2.04. The van der Waals surface area contributed by atoms with E-state index in [-0.39, 0.29) is 18.4 Å². The van der Waals surface area contributed by atoms with E-state index in [1.165, 1.54) is 0 Å². The van der Waals surface area contributed by atoms with E-state index in [0.717, 1.165) is 24.3 Å². The lowest BCUT2D eigenvalue weighted by atomic mass is 10.1. The molecule has 2 rings (SSSR count). The minimum Gasteiger partial charge on any atom is -0.453 e. The molecule has 0 heterocycles. The van der Waals surface area contributed by atoms with E-state index in [4.69, 9.17) is 9.47 Å². The number of likely N-dealkylation sites (N-methyl/N-ethyl adjacent to an activating group) is 1. The van der Waals surface area contributed by atoms with Crippen molar-refractivity contribution in [1.82, 2.24) is 4.90 Å². The first-order valence-electron chi connectivity index (χ1n) is 7.80. The van der Waals surface area contributed by atoms with Gasteiger partial charge in [0.05, 0.1) is 0 Å². The number of nitrogens with zero attached hydrogens (tertiary/aromatic N) is 1. The molecular weight excluding hydrogens is 326 g/mol. The lowest BCUT2D eigenvalue weighted by molar-refractivity contribution is -0.134. The van der Waals surface area contributed by atoms with Gasteiger partial charge in [-0.15, -0.1) is 12.4 Å². The first-order chi connectivity index (χ1) is 11.1. The van der Waals surface area contributed by atoms with E-state index >= 15 is 0 Å². The third-order valence-corrected chi connectivity index (χ3v) is 3.36. The highest BCUT2D eigenvalue weighted by Crippen LogP contribution is 2.35. The van der Waals surface area contributed by atoms with Gasteiger partial charge in [0, 0.05) is 13.0 Å². The van der Waals surface area contributed by atoms with Crippen LogP contribution in [0.1, 0.15) is 18.9 Å². The smallest absolute Gasteiger partial charge is 0.311 e. The number of esters is 1. The minimum atomic E-state index is -0.271. The van der Waals surface area contributed by atoms with Gasteiger partial charge in [-0.1, -0.05) is 37.3 Å². The van der Waals surface area contributed by atoms with Crippen molar-refractivity contribution in [3.05, 3.63) is 54.1 Å². The van der Waals surface area contributed by atoms with Crippen molar-refractivity contribution in [3.8, 4) is 17.2 Å². The van der Waals surface area contributed by atoms with Crippen LogP contribution < -0.4 is 9.47 Å². The molecule has 0 N–H and O–H groups in total. The maximum Gasteiger partial charge on any atom is 0.311 e. The van der Waals surface area contributed by atoms with Crippen LogP contribution in [0.25, 0.3) is 0 Å². The van der Waals surface area contributed by atoms with E-state index in [1.807, 2.05) is 56.6 Å². The van der Waals surface area contributed by atoms with Gasteiger partial charge in [-0.05, 0) is 44.3 Å². The number of ether oxygens (including phenoxy) is 2. The SMILES string of the molecule is CCC(=O)Oc1cccc(CCN(C)C)c1Oc1ccccc1.Cl. The van der Waals surface area contributed by atoms with Gasteiger partial charge in [0.1, 0.15) is 5.75 Å². The van der Waals surface area contributed by atoms with Crippen molar-refractivity contribution in [2.24, 2.45) is 0 Å². The fourth-order valence-electron chi connectivity index (χ4n) is 2.10. The van der Waals surface area contributed by atoms with Gasteiger partial charge in [-0.2, -0.15) is 0 Å². The van der Waals surface area contributed by atoms with Crippen molar-refractivity contribution >= 4 is 18.4 Å². The third-order valence-electron chi connectivity index (χ3n) is 3.36. The van der Waals surface area contributed by atoms with Gasteiger partial charge in [-0.25, -0.2) is 0 Å². The number of hydrogen-bond acceptors (Lipinski definition) is 4. The molecule has 2 aromatic carbocycles. The van der Waals surface area contributed by atoms with E-state index in [2.05, 4.69) is 4.90 Å². The second-order valence-electron chi connectivity index (χ2n) is 5.54. The van der Waals surface area contributed by atoms with Gasteiger partial charge < -0.3 is 14.4 Å². The van der Waals surface area contributed by atoms with Gasteiger partial charge in [0.25, 0.3) is 0 Å². The Bertz CT molecular complexity index is 644. The Kier molecular flexibility index (Phi) is 8.30. The van der Waals surface area contributed by atoms with Crippen LogP contribution in [0.15, 0.2) is 48.5 Å². The summed E-state index contributed by atoms with van der Waals surface area (Å²) in [4.78, 5) is 13.8. The fraction of sp³-hybridized carbons (Fsp3) is 0.316. The highest BCUT2D eigenvalue weighted by molar-refractivity contribution is 5.85. The quantitative estimate of drug-likeness (QED) is 0.551. The van der Waals surface area contributed by atoms with Crippen molar-refractivity contribution in [1.29, 1.82) is 0 Å². The monoisotopic (exact) mass is 349 g/mol. The molecule has 0 saturated carbocycles. The average molecular weight is 350 g/mol. The van der Waals surface area contributed by atoms with Crippen LogP contribution >= 0.6 is 12.4 Å². The normalized spacial score (nSPS) is 10.2. The summed E-state index contributed by atoms with van der Waals surface area (Å²) in [6, 6.07) is 15.2. The molecule has 0 aliphatic carbocycles. The topological polar surface area (TPSA) is 38.8 Å². The number of carbonyl (C=O) groups excluding carboxylic acids is 1. The maximum absolute atomic E-state index is 11.7. The summed E-state index contributed by atoms with van der Waals surface area (Å²) in [6.45, 7) is 2.66. The molecule has 0 radical (unpaired) electrons. The number of carbonyl (C=O) groups is 1. The van der Waals surface area contributed by atoms with E-state index in [0.29, 0.717) is 17.9 Å². The Morgan fingerprint density at radius 2 is 1.75 bits per heavy atom. The lowest BCUT2D eigenvalue weighted by Crippen LogP contribution is -2.15. The van der Waals surface area contributed by atoms with Crippen LogP contribution in [0.2, 0.25) is 0 Å². The summed E-state index contributed by atoms with van der Waals surface area (Å²) < 4.78 is 11.5. The molecule has 4 nitrogen and oxygen atoms in total. The summed E-state index contributed by atoms with van der Waals surface area (Å²) in [7, 11) is 4.05. The molecule has 0 aromatic heterocycles. The van der Waals surface area contributed by atoms with Crippen molar-refractivity contribution < 1.29 is 14.3 Å². The summed E-state index contributed by atoms with van der Waals surface area (Å²) in [5.74, 6) is 1.53. The Balaban J connectivity index is 0.00000288. The molecule has 0 atom stereocenters. The van der Waals surface area contributed by atoms with E-state index in [9.17, 15) is 4.79 Å². The zero-order valence-corrected chi connectivity index (χ0v) is 15.1. The van der Waals surface area contributed by atoms with Crippen LogP contribution in [0.4, 0.5) is 0 Å². The highest BCUT2D eigenvalue weighted by atomic mass is 35.5. The summed E-state index contributed by atoms with van der Waals surface area (Å²) in [6.07, 6.45) is 1.14. The molecule has 0 amide bonds. The van der Waals surface area contributed by atoms with Crippen molar-refractivity contribution in [3.63, 3.8) is 0 Å². The second-order valence-corrected chi connectivity index (χ2v) is 5.54. The second kappa shape index (κ2) is 9.96. The van der Waals surface area contributed by atoms with Crippen LogP contribution in [0, 0.1) is 0 Å². The standard InChI is InChI=1S/C19H23NO3.ClH/c1-4-18(21)23-17-12-8-9-15(13-14-20(2)3)19(17)22-16-10-6-5-7-11-16;/h5-12H,4,13-14H2,1-3H3;1H. The fourth-order valence-corrected chi connectivity index (χ4v) is 2.10. The van der Waals surface area contributed by atoms with Crippen LogP contribution in [0.5, 0.6) is 17.2 Å². The Morgan fingerprint density at radius 1 is 1.04 bits per heavy atom. The van der Waals surface area contributed by atoms with Crippen LogP contribution in [-0.2, 0) is 11.2 Å². The van der Waals surface area contributed by atoms with Gasteiger partial charge in [-0.3, -0.25) is 4.79 Å². The first kappa shape index (κ1) is 20.0.